The molecule has 0 amide bonds. The molecule has 1 aliphatic heterocycles. The number of nitrogens with one attached hydrogen (secondary N) is 2. The van der Waals surface area contributed by atoms with Crippen LogP contribution in [0.2, 0.25) is 0 Å². The van der Waals surface area contributed by atoms with Crippen LogP contribution < -0.4 is 21.5 Å². The van der Waals surface area contributed by atoms with Crippen molar-refractivity contribution >= 4 is 28.7 Å². The Labute approximate surface area is 186 Å². The third kappa shape index (κ3) is 5.32. The van der Waals surface area contributed by atoms with Crippen molar-refractivity contribution in [2.45, 2.75) is 0 Å². The van der Waals surface area contributed by atoms with Crippen molar-refractivity contribution in [1.29, 1.82) is 5.41 Å². The maximum absolute atomic E-state index is 8.72. The zero-order valence-corrected chi connectivity index (χ0v) is 17.8. The van der Waals surface area contributed by atoms with E-state index in [1.165, 1.54) is 6.33 Å². The van der Waals surface area contributed by atoms with Gasteiger partial charge in [0.25, 0.3) is 0 Å². The summed E-state index contributed by atoms with van der Waals surface area (Å²) in [7, 11) is 0. The fourth-order valence-corrected chi connectivity index (χ4v) is 3.42. The molecular weight excluding hydrogens is 406 g/mol. The van der Waals surface area contributed by atoms with E-state index in [2.05, 4.69) is 20.2 Å². The number of nitrogens with two attached hydrogens (primary N) is 2. The molecule has 3 aromatic rings. The molecule has 6 N–H and O–H groups in total. The lowest BCUT2D eigenvalue weighted by Gasteiger charge is -2.26. The highest BCUT2D eigenvalue weighted by atomic mass is 16.5. The van der Waals surface area contributed by atoms with E-state index in [-0.39, 0.29) is 11.5 Å². The number of ether oxygens (including phenoxy) is 2. The molecular formula is C23H27N7O2. The summed E-state index contributed by atoms with van der Waals surface area (Å²) in [6, 6.07) is 14.6. The van der Waals surface area contributed by atoms with Crippen LogP contribution in [-0.4, -0.2) is 60.0 Å². The number of benzene rings is 2. The number of morpholine rings is 1. The largest absolute Gasteiger partial charge is 0.492 e. The van der Waals surface area contributed by atoms with Crippen LogP contribution >= 0.6 is 0 Å². The summed E-state index contributed by atoms with van der Waals surface area (Å²) in [5.74, 6) is 1.44. The second kappa shape index (κ2) is 10.1. The van der Waals surface area contributed by atoms with Gasteiger partial charge in [0.05, 0.1) is 24.5 Å². The van der Waals surface area contributed by atoms with Gasteiger partial charge in [-0.15, -0.1) is 0 Å². The molecule has 166 valence electrons. The number of anilines is 4. The van der Waals surface area contributed by atoms with Crippen LogP contribution in [0.4, 0.5) is 23.0 Å². The zero-order chi connectivity index (χ0) is 22.3. The molecule has 32 heavy (non-hydrogen) atoms. The lowest BCUT2D eigenvalue weighted by atomic mass is 10.0. The van der Waals surface area contributed by atoms with E-state index < -0.39 is 0 Å². The second-order valence-electron chi connectivity index (χ2n) is 7.43. The Morgan fingerprint density at radius 1 is 1.03 bits per heavy atom. The topological polar surface area (TPSA) is 135 Å². The average Bonchev–Trinajstić information content (AvgIpc) is 2.81. The smallest absolute Gasteiger partial charge is 0.145 e. The predicted molar refractivity (Wildman–Crippen MR) is 126 cm³/mol. The molecule has 0 unspecified atom stereocenters. The van der Waals surface area contributed by atoms with Crippen LogP contribution in [0.1, 0.15) is 11.1 Å². The molecule has 0 saturated carbocycles. The number of nitrogen functional groups attached to an aromatic ring is 2. The summed E-state index contributed by atoms with van der Waals surface area (Å²) >= 11 is 0. The Morgan fingerprint density at radius 2 is 1.75 bits per heavy atom. The highest BCUT2D eigenvalue weighted by Gasteiger charge is 2.17. The van der Waals surface area contributed by atoms with Gasteiger partial charge in [-0.05, 0) is 48.5 Å². The van der Waals surface area contributed by atoms with E-state index in [1.807, 2.05) is 36.4 Å². The SMILES string of the molecule is N=C(c1ccc(OCCN2CCOCC2)cc1)c1c(N)ncnc1Nc1ccc(N)cc1. The summed E-state index contributed by atoms with van der Waals surface area (Å²) in [6.45, 7) is 4.89. The predicted octanol–water partition coefficient (Wildman–Crippen LogP) is 2.51. The first-order valence-corrected chi connectivity index (χ1v) is 10.5. The third-order valence-electron chi connectivity index (χ3n) is 5.22. The van der Waals surface area contributed by atoms with E-state index in [1.54, 1.807) is 12.1 Å². The Kier molecular flexibility index (Phi) is 6.78. The van der Waals surface area contributed by atoms with Gasteiger partial charge in [-0.25, -0.2) is 9.97 Å². The van der Waals surface area contributed by atoms with Gasteiger partial charge in [0, 0.05) is 36.6 Å². The van der Waals surface area contributed by atoms with Crippen molar-refractivity contribution in [2.24, 2.45) is 0 Å². The summed E-state index contributed by atoms with van der Waals surface area (Å²) < 4.78 is 11.2. The standard InChI is InChI=1S/C23H27N7O2/c24-17-3-5-18(6-4-17)29-23-20(22(26)27-15-28-23)21(25)16-1-7-19(8-2-16)32-14-11-30-9-12-31-13-10-30/h1-8,15,25H,9-14,24H2,(H3,26,27,28,29). The molecule has 4 rings (SSSR count). The molecule has 0 bridgehead atoms. The van der Waals surface area contributed by atoms with Crippen LogP contribution in [-0.2, 0) is 4.74 Å². The molecule has 1 aliphatic rings. The molecule has 2 aromatic carbocycles. The lowest BCUT2D eigenvalue weighted by molar-refractivity contribution is 0.0322. The minimum Gasteiger partial charge on any atom is -0.492 e. The summed E-state index contributed by atoms with van der Waals surface area (Å²) in [4.78, 5) is 10.7. The van der Waals surface area contributed by atoms with Gasteiger partial charge in [-0.2, -0.15) is 0 Å². The zero-order valence-electron chi connectivity index (χ0n) is 17.8. The number of hydrogen-bond donors (Lipinski definition) is 4. The van der Waals surface area contributed by atoms with Gasteiger partial charge < -0.3 is 26.3 Å². The average molecular weight is 434 g/mol. The maximum atomic E-state index is 8.72. The molecule has 0 aliphatic carbocycles. The van der Waals surface area contributed by atoms with Crippen molar-refractivity contribution in [3.63, 3.8) is 0 Å². The quantitative estimate of drug-likeness (QED) is 0.314. The molecule has 0 atom stereocenters. The fourth-order valence-electron chi connectivity index (χ4n) is 3.42. The second-order valence-corrected chi connectivity index (χ2v) is 7.43. The van der Waals surface area contributed by atoms with Gasteiger partial charge >= 0.3 is 0 Å². The van der Waals surface area contributed by atoms with Crippen LogP contribution in [0.25, 0.3) is 0 Å². The number of hydrogen-bond acceptors (Lipinski definition) is 9. The Balaban J connectivity index is 1.43. The first-order chi connectivity index (χ1) is 15.6. The van der Waals surface area contributed by atoms with Crippen LogP contribution in [0, 0.1) is 5.41 Å². The molecule has 0 spiro atoms. The summed E-state index contributed by atoms with van der Waals surface area (Å²) in [5.41, 5.74) is 14.7. The highest BCUT2D eigenvalue weighted by Crippen LogP contribution is 2.26. The first kappa shape index (κ1) is 21.5. The van der Waals surface area contributed by atoms with E-state index >= 15 is 0 Å². The van der Waals surface area contributed by atoms with Gasteiger partial charge in [-0.1, -0.05) is 0 Å². The molecule has 0 radical (unpaired) electrons. The van der Waals surface area contributed by atoms with Crippen molar-refractivity contribution in [2.75, 3.05) is 56.2 Å². The minimum atomic E-state index is 0.223. The van der Waals surface area contributed by atoms with E-state index in [0.717, 1.165) is 44.3 Å². The van der Waals surface area contributed by atoms with Crippen molar-refractivity contribution in [1.82, 2.24) is 14.9 Å². The molecule has 9 nitrogen and oxygen atoms in total. The Bertz CT molecular complexity index is 1050. The van der Waals surface area contributed by atoms with E-state index in [4.69, 9.17) is 26.4 Å². The lowest BCUT2D eigenvalue weighted by Crippen LogP contribution is -2.38. The summed E-state index contributed by atoms with van der Waals surface area (Å²) in [5, 5.41) is 11.9. The van der Waals surface area contributed by atoms with Gasteiger partial charge in [0.15, 0.2) is 0 Å². The Hall–Kier alpha value is -3.69. The van der Waals surface area contributed by atoms with E-state index in [0.29, 0.717) is 29.2 Å². The third-order valence-corrected chi connectivity index (χ3v) is 5.22. The molecule has 1 fully saturated rings. The van der Waals surface area contributed by atoms with E-state index in [9.17, 15) is 0 Å². The molecule has 1 aromatic heterocycles. The number of aromatic nitrogens is 2. The molecule has 1 saturated heterocycles. The summed E-state index contributed by atoms with van der Waals surface area (Å²) in [6.07, 6.45) is 1.37. The van der Waals surface area contributed by atoms with Crippen molar-refractivity contribution in [3.05, 3.63) is 66.0 Å². The Morgan fingerprint density at radius 3 is 2.47 bits per heavy atom. The maximum Gasteiger partial charge on any atom is 0.145 e. The van der Waals surface area contributed by atoms with Crippen molar-refractivity contribution in [3.8, 4) is 5.75 Å². The monoisotopic (exact) mass is 433 g/mol. The van der Waals surface area contributed by atoms with Crippen LogP contribution in [0.15, 0.2) is 54.9 Å². The number of rotatable bonds is 8. The molecule has 2 heterocycles. The van der Waals surface area contributed by atoms with Crippen LogP contribution in [0.3, 0.4) is 0 Å². The molecule has 9 heteroatoms. The first-order valence-electron chi connectivity index (χ1n) is 10.5. The number of nitrogens with zero attached hydrogens (tertiary/aromatic N) is 3. The van der Waals surface area contributed by atoms with Gasteiger partial charge in [-0.3, -0.25) is 10.3 Å². The van der Waals surface area contributed by atoms with Crippen LogP contribution in [0.5, 0.6) is 5.75 Å². The minimum absolute atomic E-state index is 0.223. The fraction of sp³-hybridized carbons (Fsp3) is 0.261. The normalized spacial score (nSPS) is 14.1. The van der Waals surface area contributed by atoms with Gasteiger partial charge in [0.2, 0.25) is 0 Å². The van der Waals surface area contributed by atoms with Gasteiger partial charge in [0.1, 0.15) is 30.3 Å². The van der Waals surface area contributed by atoms with Crippen molar-refractivity contribution < 1.29 is 9.47 Å². The highest BCUT2D eigenvalue weighted by molar-refractivity contribution is 6.16.